The summed E-state index contributed by atoms with van der Waals surface area (Å²) in [5.74, 6) is -0.167. The van der Waals surface area contributed by atoms with Crippen LogP contribution in [0.25, 0.3) is 0 Å². The molecular weight excluding hydrogens is 232 g/mol. The number of nitrogens with zero attached hydrogens (tertiary/aromatic N) is 1. The van der Waals surface area contributed by atoms with E-state index in [1.165, 1.54) is 17.7 Å². The molecule has 0 aromatic carbocycles. The van der Waals surface area contributed by atoms with E-state index >= 15 is 0 Å². The molecule has 1 unspecified atom stereocenters. The number of imide groups is 1. The van der Waals surface area contributed by atoms with Crippen molar-refractivity contribution in [2.24, 2.45) is 0 Å². The quantitative estimate of drug-likeness (QED) is 0.559. The fraction of sp³-hybridized carbons (Fsp3) is 0.846. The number of hydrogen-bond acceptors (Lipinski definition) is 4. The van der Waals surface area contributed by atoms with Gasteiger partial charge in [-0.2, -0.15) is 0 Å². The lowest BCUT2D eigenvalue weighted by atomic mass is 10.2. The minimum Gasteiger partial charge on any atom is -0.377 e. The van der Waals surface area contributed by atoms with E-state index < -0.39 is 0 Å². The van der Waals surface area contributed by atoms with E-state index in [4.69, 9.17) is 4.74 Å². The molecule has 102 valence electrons. The highest BCUT2D eigenvalue weighted by Crippen LogP contribution is 2.20. The van der Waals surface area contributed by atoms with Crippen molar-refractivity contribution in [3.63, 3.8) is 0 Å². The van der Waals surface area contributed by atoms with Gasteiger partial charge in [-0.1, -0.05) is 12.8 Å². The smallest absolute Gasteiger partial charge is 0.246 e. The van der Waals surface area contributed by atoms with Gasteiger partial charge in [0.1, 0.15) is 0 Å². The molecule has 5 heteroatoms. The number of nitrogens with one attached hydrogen (secondary N) is 1. The van der Waals surface area contributed by atoms with E-state index in [2.05, 4.69) is 5.32 Å². The summed E-state index contributed by atoms with van der Waals surface area (Å²) in [6.45, 7) is 3.54. The lowest BCUT2D eigenvalue weighted by Gasteiger charge is -2.14. The Hall–Kier alpha value is -0.940. The molecule has 1 saturated heterocycles. The fourth-order valence-corrected chi connectivity index (χ4v) is 2.69. The number of carbonyl (C=O) groups excluding carboxylic acids is 2. The monoisotopic (exact) mass is 254 g/mol. The summed E-state index contributed by atoms with van der Waals surface area (Å²) < 4.78 is 5.71. The van der Waals surface area contributed by atoms with Gasteiger partial charge < -0.3 is 10.1 Å². The third kappa shape index (κ3) is 3.09. The van der Waals surface area contributed by atoms with Gasteiger partial charge in [0, 0.05) is 13.1 Å². The number of carbonyl (C=O) groups is 2. The minimum atomic E-state index is -0.343. The van der Waals surface area contributed by atoms with Crippen molar-refractivity contribution in [2.45, 2.75) is 51.2 Å². The van der Waals surface area contributed by atoms with Crippen LogP contribution < -0.4 is 5.32 Å². The average Bonchev–Trinajstić information content (AvgIpc) is 2.94. The highest BCUT2D eigenvalue weighted by atomic mass is 16.5. The van der Waals surface area contributed by atoms with Crippen molar-refractivity contribution in [3.8, 4) is 0 Å². The second-order valence-corrected chi connectivity index (χ2v) is 4.96. The lowest BCUT2D eigenvalue weighted by molar-refractivity contribution is -0.138. The summed E-state index contributed by atoms with van der Waals surface area (Å²) in [6, 6.07) is -0.343. The first-order valence-corrected chi connectivity index (χ1v) is 6.91. The topological polar surface area (TPSA) is 58.6 Å². The molecule has 1 N–H and O–H groups in total. The Bertz CT molecular complexity index is 313. The van der Waals surface area contributed by atoms with Crippen LogP contribution in [0.2, 0.25) is 0 Å². The van der Waals surface area contributed by atoms with Crippen molar-refractivity contribution in [1.82, 2.24) is 10.2 Å². The van der Waals surface area contributed by atoms with Crippen molar-refractivity contribution < 1.29 is 14.3 Å². The fourth-order valence-electron chi connectivity index (χ4n) is 2.69. The summed E-state index contributed by atoms with van der Waals surface area (Å²) in [4.78, 5) is 24.6. The maximum Gasteiger partial charge on any atom is 0.246 e. The Morgan fingerprint density at radius 2 is 2.06 bits per heavy atom. The second-order valence-electron chi connectivity index (χ2n) is 4.96. The molecule has 0 aromatic rings. The standard InChI is InChI=1S/C13H22N2O3/c1-2-15-12(16)9-11(13(15)17)14-7-8-18-10-5-3-4-6-10/h10-11,14H,2-9H2,1H3. The highest BCUT2D eigenvalue weighted by Gasteiger charge is 2.36. The van der Waals surface area contributed by atoms with Gasteiger partial charge in [0.25, 0.3) is 0 Å². The predicted octanol–water partition coefficient (Wildman–Crippen LogP) is 0.683. The number of amides is 2. The van der Waals surface area contributed by atoms with E-state index in [1.54, 1.807) is 0 Å². The van der Waals surface area contributed by atoms with Crippen LogP contribution in [-0.4, -0.2) is 48.6 Å². The first-order valence-electron chi connectivity index (χ1n) is 6.91. The molecule has 0 radical (unpaired) electrons. The van der Waals surface area contributed by atoms with Gasteiger partial charge in [-0.3, -0.25) is 14.5 Å². The third-order valence-corrected chi connectivity index (χ3v) is 3.71. The van der Waals surface area contributed by atoms with Crippen LogP contribution in [0.3, 0.4) is 0 Å². The van der Waals surface area contributed by atoms with Gasteiger partial charge in [0.15, 0.2) is 0 Å². The SMILES string of the molecule is CCN1C(=O)CC(NCCOC2CCCC2)C1=O. The molecule has 0 aromatic heterocycles. The number of likely N-dealkylation sites (tertiary alicyclic amines) is 1. The zero-order valence-corrected chi connectivity index (χ0v) is 11.0. The third-order valence-electron chi connectivity index (χ3n) is 3.71. The Morgan fingerprint density at radius 3 is 2.67 bits per heavy atom. The number of ether oxygens (including phenoxy) is 1. The van der Waals surface area contributed by atoms with E-state index in [9.17, 15) is 9.59 Å². The Balaban J connectivity index is 1.64. The molecule has 1 aliphatic carbocycles. The van der Waals surface area contributed by atoms with E-state index in [0.29, 0.717) is 25.8 Å². The minimum absolute atomic E-state index is 0.0725. The maximum absolute atomic E-state index is 11.8. The largest absolute Gasteiger partial charge is 0.377 e. The van der Waals surface area contributed by atoms with Crippen LogP contribution in [0.1, 0.15) is 39.0 Å². The summed E-state index contributed by atoms with van der Waals surface area (Å²) in [5, 5.41) is 3.11. The number of rotatable bonds is 6. The van der Waals surface area contributed by atoms with Gasteiger partial charge in [0.05, 0.1) is 25.2 Å². The van der Waals surface area contributed by atoms with Gasteiger partial charge in [-0.15, -0.1) is 0 Å². The number of likely N-dealkylation sites (N-methyl/N-ethyl adjacent to an activating group) is 1. The molecule has 5 nitrogen and oxygen atoms in total. The summed E-state index contributed by atoms with van der Waals surface area (Å²) in [7, 11) is 0. The molecule has 0 spiro atoms. The zero-order valence-electron chi connectivity index (χ0n) is 11.0. The van der Waals surface area contributed by atoms with Crippen molar-refractivity contribution in [2.75, 3.05) is 19.7 Å². The summed E-state index contributed by atoms with van der Waals surface area (Å²) in [5.41, 5.74) is 0. The van der Waals surface area contributed by atoms with E-state index in [-0.39, 0.29) is 24.3 Å². The van der Waals surface area contributed by atoms with Crippen molar-refractivity contribution in [1.29, 1.82) is 0 Å². The van der Waals surface area contributed by atoms with E-state index in [1.807, 2.05) is 6.92 Å². The van der Waals surface area contributed by atoms with Gasteiger partial charge in [0.2, 0.25) is 11.8 Å². The van der Waals surface area contributed by atoms with E-state index in [0.717, 1.165) is 12.8 Å². The van der Waals surface area contributed by atoms with Crippen LogP contribution in [0.4, 0.5) is 0 Å². The van der Waals surface area contributed by atoms with Gasteiger partial charge in [-0.25, -0.2) is 0 Å². The van der Waals surface area contributed by atoms with Crippen LogP contribution in [0, 0.1) is 0 Å². The Morgan fingerprint density at radius 1 is 1.33 bits per heavy atom. The van der Waals surface area contributed by atoms with Gasteiger partial charge >= 0.3 is 0 Å². The Labute approximate surface area is 108 Å². The first-order chi connectivity index (χ1) is 8.72. The molecule has 2 fully saturated rings. The maximum atomic E-state index is 11.8. The predicted molar refractivity (Wildman–Crippen MR) is 67.0 cm³/mol. The molecular formula is C13H22N2O3. The molecule has 18 heavy (non-hydrogen) atoms. The highest BCUT2D eigenvalue weighted by molar-refractivity contribution is 6.05. The molecule has 1 heterocycles. The van der Waals surface area contributed by atoms with Crippen molar-refractivity contribution in [3.05, 3.63) is 0 Å². The van der Waals surface area contributed by atoms with Crippen LogP contribution in [-0.2, 0) is 14.3 Å². The zero-order chi connectivity index (χ0) is 13.0. The summed E-state index contributed by atoms with van der Waals surface area (Å²) >= 11 is 0. The van der Waals surface area contributed by atoms with Crippen LogP contribution in [0.15, 0.2) is 0 Å². The Kier molecular flexibility index (Phi) is 4.72. The average molecular weight is 254 g/mol. The molecule has 1 atom stereocenters. The first kappa shape index (κ1) is 13.5. The van der Waals surface area contributed by atoms with Crippen LogP contribution >= 0.6 is 0 Å². The normalized spacial score (nSPS) is 25.4. The molecule has 2 aliphatic rings. The second kappa shape index (κ2) is 6.29. The molecule has 1 aliphatic heterocycles. The number of hydrogen-bond donors (Lipinski definition) is 1. The van der Waals surface area contributed by atoms with Crippen molar-refractivity contribution >= 4 is 11.8 Å². The van der Waals surface area contributed by atoms with Gasteiger partial charge in [-0.05, 0) is 19.8 Å². The lowest BCUT2D eigenvalue weighted by Crippen LogP contribution is -2.40. The summed E-state index contributed by atoms with van der Waals surface area (Å²) in [6.07, 6.45) is 5.53. The van der Waals surface area contributed by atoms with Crippen LogP contribution in [0.5, 0.6) is 0 Å². The molecule has 2 rings (SSSR count). The molecule has 1 saturated carbocycles. The molecule has 2 amide bonds. The molecule has 0 bridgehead atoms.